The van der Waals surface area contributed by atoms with Crippen LogP contribution in [-0.2, 0) is 9.53 Å². The summed E-state index contributed by atoms with van der Waals surface area (Å²) in [5, 5.41) is 2.59. The molecule has 0 bridgehead atoms. The van der Waals surface area contributed by atoms with E-state index >= 15 is 0 Å². The molecule has 1 rings (SSSR count). The van der Waals surface area contributed by atoms with Gasteiger partial charge in [0, 0.05) is 0 Å². The van der Waals surface area contributed by atoms with Gasteiger partial charge in [0.1, 0.15) is 6.54 Å². The third-order valence-electron chi connectivity index (χ3n) is 1.39. The van der Waals surface area contributed by atoms with E-state index in [1.807, 2.05) is 0 Å². The molecule has 82 valence electrons. The van der Waals surface area contributed by atoms with Gasteiger partial charge in [0.2, 0.25) is 11.2 Å². The van der Waals surface area contributed by atoms with Crippen LogP contribution in [0.1, 0.15) is 0 Å². The number of nitrogens with zero attached hydrogens (tertiary/aromatic N) is 3. The third-order valence-corrected chi connectivity index (χ3v) is 1.56. The Hall–Kier alpha value is -1.63. The number of halogens is 1. The van der Waals surface area contributed by atoms with Crippen LogP contribution in [0.5, 0.6) is 6.01 Å². The van der Waals surface area contributed by atoms with Crippen LogP contribution < -0.4 is 10.1 Å². The number of aromatic nitrogens is 3. The molecule has 0 aliphatic carbocycles. The molecule has 8 heteroatoms. The highest BCUT2D eigenvalue weighted by Gasteiger charge is 2.06. The Morgan fingerprint density at radius 3 is 2.73 bits per heavy atom. The van der Waals surface area contributed by atoms with Crippen LogP contribution in [0.15, 0.2) is 0 Å². The van der Waals surface area contributed by atoms with Crippen molar-refractivity contribution in [2.75, 3.05) is 26.1 Å². The summed E-state index contributed by atoms with van der Waals surface area (Å²) in [7, 11) is 2.68. The van der Waals surface area contributed by atoms with Crippen molar-refractivity contribution in [1.29, 1.82) is 0 Å². The summed E-state index contributed by atoms with van der Waals surface area (Å²) in [4.78, 5) is 22.0. The predicted octanol–water partition coefficient (Wildman–Crippen LogP) is 0.118. The summed E-state index contributed by atoms with van der Waals surface area (Å²) >= 11 is 5.58. The average Bonchev–Trinajstić information content (AvgIpc) is 2.25. The number of carbonyl (C=O) groups excluding carboxylic acids is 1. The Labute approximate surface area is 90.8 Å². The largest absolute Gasteiger partial charge is 0.468 e. The molecule has 0 unspecified atom stereocenters. The van der Waals surface area contributed by atoms with Gasteiger partial charge in [0.15, 0.2) is 0 Å². The molecular formula is C7H9ClN4O3. The van der Waals surface area contributed by atoms with Crippen LogP contribution in [0.2, 0.25) is 5.28 Å². The first-order valence-electron chi connectivity index (χ1n) is 3.92. The number of esters is 1. The normalized spacial score (nSPS) is 9.53. The molecule has 0 saturated carbocycles. The fraction of sp³-hybridized carbons (Fsp3) is 0.429. The van der Waals surface area contributed by atoms with Crippen molar-refractivity contribution in [3.63, 3.8) is 0 Å². The molecule has 7 nitrogen and oxygen atoms in total. The summed E-state index contributed by atoms with van der Waals surface area (Å²) in [6, 6.07) is 0.0716. The highest BCUT2D eigenvalue weighted by molar-refractivity contribution is 6.28. The fourth-order valence-corrected chi connectivity index (χ4v) is 0.878. The van der Waals surface area contributed by atoms with Gasteiger partial charge in [0.05, 0.1) is 14.2 Å². The van der Waals surface area contributed by atoms with Crippen molar-refractivity contribution in [3.8, 4) is 6.01 Å². The second-order valence-electron chi connectivity index (χ2n) is 2.34. The van der Waals surface area contributed by atoms with Gasteiger partial charge in [-0.1, -0.05) is 0 Å². The SMILES string of the molecule is COC(=O)CNc1nc(Cl)nc(OC)n1. The van der Waals surface area contributed by atoms with Gasteiger partial charge in [-0.15, -0.1) is 0 Å². The van der Waals surface area contributed by atoms with Gasteiger partial charge in [-0.2, -0.15) is 15.0 Å². The number of rotatable bonds is 4. The molecule has 1 aromatic rings. The van der Waals surface area contributed by atoms with Crippen LogP contribution in [0.25, 0.3) is 0 Å². The first-order valence-corrected chi connectivity index (χ1v) is 4.29. The van der Waals surface area contributed by atoms with Crippen molar-refractivity contribution in [2.45, 2.75) is 0 Å². The van der Waals surface area contributed by atoms with Gasteiger partial charge in [0.25, 0.3) is 0 Å². The molecule has 1 N–H and O–H groups in total. The number of hydrogen-bond donors (Lipinski definition) is 1. The lowest BCUT2D eigenvalue weighted by atomic mass is 10.6. The molecule has 0 fully saturated rings. The van der Waals surface area contributed by atoms with Crippen molar-refractivity contribution in [3.05, 3.63) is 5.28 Å². The molecular weight excluding hydrogens is 224 g/mol. The molecule has 0 aliphatic heterocycles. The molecule has 1 aromatic heterocycles. The van der Waals surface area contributed by atoms with Crippen LogP contribution in [0.4, 0.5) is 5.95 Å². The number of ether oxygens (including phenoxy) is 2. The lowest BCUT2D eigenvalue weighted by Crippen LogP contribution is -2.17. The Morgan fingerprint density at radius 1 is 1.40 bits per heavy atom. The zero-order chi connectivity index (χ0) is 11.3. The van der Waals surface area contributed by atoms with E-state index in [1.165, 1.54) is 14.2 Å². The molecule has 15 heavy (non-hydrogen) atoms. The van der Waals surface area contributed by atoms with Crippen LogP contribution in [0.3, 0.4) is 0 Å². The molecule has 0 saturated heterocycles. The second-order valence-corrected chi connectivity index (χ2v) is 2.68. The zero-order valence-corrected chi connectivity index (χ0v) is 8.91. The monoisotopic (exact) mass is 232 g/mol. The zero-order valence-electron chi connectivity index (χ0n) is 8.15. The summed E-state index contributed by atoms with van der Waals surface area (Å²) in [5.41, 5.74) is 0. The topological polar surface area (TPSA) is 86.2 Å². The number of methoxy groups -OCH3 is 2. The minimum absolute atomic E-state index is 0.0192. The lowest BCUT2D eigenvalue weighted by Gasteiger charge is -2.04. The van der Waals surface area contributed by atoms with Crippen LogP contribution in [0, 0.1) is 0 Å². The summed E-state index contributed by atoms with van der Waals surface area (Å²) in [5.74, 6) is -0.289. The molecule has 1 heterocycles. The Bertz CT molecular complexity index is 360. The van der Waals surface area contributed by atoms with Crippen molar-refractivity contribution in [1.82, 2.24) is 15.0 Å². The quantitative estimate of drug-likeness (QED) is 0.738. The van der Waals surface area contributed by atoms with E-state index in [9.17, 15) is 4.79 Å². The minimum atomic E-state index is -0.439. The standard InChI is InChI=1S/C7H9ClN4O3/c1-14-4(13)3-9-6-10-5(8)11-7(12-6)15-2/h3H2,1-2H3,(H,9,10,11,12). The van der Waals surface area contributed by atoms with E-state index in [0.29, 0.717) is 0 Å². The van der Waals surface area contributed by atoms with Crippen molar-refractivity contribution < 1.29 is 14.3 Å². The Balaban J connectivity index is 2.68. The highest BCUT2D eigenvalue weighted by Crippen LogP contribution is 2.10. The van der Waals surface area contributed by atoms with Gasteiger partial charge in [-0.05, 0) is 11.6 Å². The van der Waals surface area contributed by atoms with Gasteiger partial charge >= 0.3 is 12.0 Å². The maximum atomic E-state index is 10.8. The van der Waals surface area contributed by atoms with Crippen LogP contribution >= 0.6 is 11.6 Å². The van der Waals surface area contributed by atoms with Crippen molar-refractivity contribution in [2.24, 2.45) is 0 Å². The summed E-state index contributed by atoms with van der Waals surface area (Å²) < 4.78 is 9.19. The Morgan fingerprint density at radius 2 is 2.13 bits per heavy atom. The molecule has 0 radical (unpaired) electrons. The van der Waals surface area contributed by atoms with E-state index < -0.39 is 5.97 Å². The molecule has 0 aliphatic rings. The smallest absolute Gasteiger partial charge is 0.325 e. The number of carbonyl (C=O) groups is 1. The number of hydrogen-bond acceptors (Lipinski definition) is 7. The maximum Gasteiger partial charge on any atom is 0.325 e. The minimum Gasteiger partial charge on any atom is -0.468 e. The maximum absolute atomic E-state index is 10.8. The van der Waals surface area contributed by atoms with E-state index in [4.69, 9.17) is 16.3 Å². The van der Waals surface area contributed by atoms with E-state index in [-0.39, 0.29) is 23.8 Å². The van der Waals surface area contributed by atoms with E-state index in [2.05, 4.69) is 25.0 Å². The summed E-state index contributed by atoms with van der Waals surface area (Å²) in [6.45, 7) is -0.0556. The molecule has 0 spiro atoms. The molecule has 0 amide bonds. The number of anilines is 1. The van der Waals surface area contributed by atoms with Gasteiger partial charge < -0.3 is 14.8 Å². The third kappa shape index (κ3) is 3.55. The highest BCUT2D eigenvalue weighted by atomic mass is 35.5. The van der Waals surface area contributed by atoms with Crippen molar-refractivity contribution >= 4 is 23.5 Å². The second kappa shape index (κ2) is 5.30. The first-order chi connectivity index (χ1) is 7.15. The van der Waals surface area contributed by atoms with Gasteiger partial charge in [-0.25, -0.2) is 0 Å². The van der Waals surface area contributed by atoms with Crippen LogP contribution in [-0.4, -0.2) is 41.7 Å². The Kier molecular flexibility index (Phi) is 4.04. The predicted molar refractivity (Wildman–Crippen MR) is 51.9 cm³/mol. The van der Waals surface area contributed by atoms with E-state index in [0.717, 1.165) is 0 Å². The number of nitrogens with one attached hydrogen (secondary N) is 1. The first kappa shape index (κ1) is 11.4. The lowest BCUT2D eigenvalue weighted by molar-refractivity contribution is -0.138. The molecule has 0 aromatic carbocycles. The average molecular weight is 233 g/mol. The van der Waals surface area contributed by atoms with E-state index in [1.54, 1.807) is 0 Å². The summed E-state index contributed by atoms with van der Waals surface area (Å²) in [6.07, 6.45) is 0. The van der Waals surface area contributed by atoms with Gasteiger partial charge in [-0.3, -0.25) is 4.79 Å². The fourth-order valence-electron chi connectivity index (χ4n) is 0.726. The molecule has 0 atom stereocenters.